The van der Waals surface area contributed by atoms with Gasteiger partial charge in [0.05, 0.1) is 5.41 Å². The molecule has 0 aliphatic heterocycles. The van der Waals surface area contributed by atoms with Gasteiger partial charge in [0.15, 0.2) is 0 Å². The lowest BCUT2D eigenvalue weighted by Gasteiger charge is -2.37. The highest BCUT2D eigenvalue weighted by molar-refractivity contribution is 5.94. The van der Waals surface area contributed by atoms with E-state index in [1.54, 1.807) is 12.1 Å². The highest BCUT2D eigenvalue weighted by atomic mass is 16.4. The summed E-state index contributed by atoms with van der Waals surface area (Å²) < 4.78 is 0. The van der Waals surface area contributed by atoms with Gasteiger partial charge in [0, 0.05) is 12.1 Å². The average Bonchev–Trinajstić information content (AvgIpc) is 2.36. The van der Waals surface area contributed by atoms with Crippen molar-refractivity contribution in [2.45, 2.75) is 39.0 Å². The third-order valence-corrected chi connectivity index (χ3v) is 4.19. The van der Waals surface area contributed by atoms with Crippen LogP contribution in [0.2, 0.25) is 0 Å². The first kappa shape index (κ1) is 14.6. The standard InChI is InChI=1S/C16H21NO3/c1-11(2)12-4-6-13(7-5-12)14(18)17-10-16(15(19)20)8-3-9-16/h4-7,11H,3,8-10H2,1-2H3,(H,17,18)(H,19,20). The fraction of sp³-hybridized carbons (Fsp3) is 0.500. The molecule has 1 aromatic carbocycles. The summed E-state index contributed by atoms with van der Waals surface area (Å²) in [6.07, 6.45) is 2.22. The number of carboxylic acid groups (broad SMARTS) is 1. The zero-order chi connectivity index (χ0) is 14.8. The van der Waals surface area contributed by atoms with E-state index in [9.17, 15) is 14.7 Å². The van der Waals surface area contributed by atoms with Crippen LogP contribution in [-0.2, 0) is 4.79 Å². The predicted octanol–water partition coefficient (Wildman–Crippen LogP) is 2.79. The van der Waals surface area contributed by atoms with Crippen LogP contribution >= 0.6 is 0 Å². The second-order valence-electron chi connectivity index (χ2n) is 5.90. The maximum absolute atomic E-state index is 12.0. The van der Waals surface area contributed by atoms with Crippen molar-refractivity contribution in [2.75, 3.05) is 6.54 Å². The number of carbonyl (C=O) groups is 2. The Morgan fingerprint density at radius 1 is 1.25 bits per heavy atom. The second kappa shape index (κ2) is 5.65. The molecule has 0 saturated heterocycles. The molecule has 0 bridgehead atoms. The van der Waals surface area contributed by atoms with Gasteiger partial charge in [-0.25, -0.2) is 0 Å². The molecular weight excluding hydrogens is 254 g/mol. The molecule has 0 spiro atoms. The van der Waals surface area contributed by atoms with Crippen molar-refractivity contribution < 1.29 is 14.7 Å². The number of amides is 1. The minimum absolute atomic E-state index is 0.201. The van der Waals surface area contributed by atoms with Crippen LogP contribution in [0.4, 0.5) is 0 Å². The van der Waals surface area contributed by atoms with Gasteiger partial charge in [-0.15, -0.1) is 0 Å². The largest absolute Gasteiger partial charge is 0.481 e. The molecule has 0 atom stereocenters. The monoisotopic (exact) mass is 275 g/mol. The number of hydrogen-bond donors (Lipinski definition) is 2. The Kier molecular flexibility index (Phi) is 4.12. The van der Waals surface area contributed by atoms with Gasteiger partial charge in [-0.05, 0) is 36.5 Å². The minimum atomic E-state index is -0.806. The molecule has 1 aliphatic rings. The molecule has 1 aliphatic carbocycles. The third kappa shape index (κ3) is 2.84. The highest BCUT2D eigenvalue weighted by Crippen LogP contribution is 2.40. The molecule has 108 valence electrons. The quantitative estimate of drug-likeness (QED) is 0.868. The number of nitrogens with one attached hydrogen (secondary N) is 1. The van der Waals surface area contributed by atoms with Gasteiger partial charge in [-0.1, -0.05) is 32.4 Å². The fourth-order valence-electron chi connectivity index (χ4n) is 2.44. The zero-order valence-corrected chi connectivity index (χ0v) is 12.0. The Morgan fingerprint density at radius 3 is 2.25 bits per heavy atom. The zero-order valence-electron chi connectivity index (χ0n) is 12.0. The van der Waals surface area contributed by atoms with E-state index in [0.717, 1.165) is 6.42 Å². The lowest BCUT2D eigenvalue weighted by molar-refractivity contribution is -0.153. The van der Waals surface area contributed by atoms with Crippen LogP contribution in [0.3, 0.4) is 0 Å². The topological polar surface area (TPSA) is 66.4 Å². The van der Waals surface area contributed by atoms with Crippen molar-refractivity contribution in [1.82, 2.24) is 5.32 Å². The number of carbonyl (C=O) groups excluding carboxylic acids is 1. The molecule has 4 nitrogen and oxygen atoms in total. The number of carboxylic acids is 1. The number of benzene rings is 1. The van der Waals surface area contributed by atoms with Crippen LogP contribution in [0.25, 0.3) is 0 Å². The maximum Gasteiger partial charge on any atom is 0.311 e. The Bertz CT molecular complexity index is 501. The summed E-state index contributed by atoms with van der Waals surface area (Å²) in [5.74, 6) is -0.579. The van der Waals surface area contributed by atoms with E-state index in [0.29, 0.717) is 24.3 Å². The molecule has 0 heterocycles. The number of hydrogen-bond acceptors (Lipinski definition) is 2. The predicted molar refractivity (Wildman–Crippen MR) is 76.8 cm³/mol. The first-order valence-electron chi connectivity index (χ1n) is 7.06. The normalized spacial score (nSPS) is 16.6. The van der Waals surface area contributed by atoms with Gasteiger partial charge in [0.25, 0.3) is 5.91 Å². The number of aliphatic carboxylic acids is 1. The lowest BCUT2D eigenvalue weighted by atomic mass is 9.69. The van der Waals surface area contributed by atoms with Gasteiger partial charge >= 0.3 is 5.97 Å². The summed E-state index contributed by atoms with van der Waals surface area (Å²) in [7, 11) is 0. The van der Waals surface area contributed by atoms with E-state index in [-0.39, 0.29) is 12.5 Å². The van der Waals surface area contributed by atoms with E-state index < -0.39 is 11.4 Å². The first-order valence-corrected chi connectivity index (χ1v) is 7.06. The molecule has 4 heteroatoms. The summed E-state index contributed by atoms with van der Waals surface area (Å²) >= 11 is 0. The maximum atomic E-state index is 12.0. The van der Waals surface area contributed by atoms with E-state index in [1.807, 2.05) is 12.1 Å². The molecule has 1 amide bonds. The van der Waals surface area contributed by atoms with Crippen molar-refractivity contribution in [1.29, 1.82) is 0 Å². The minimum Gasteiger partial charge on any atom is -0.481 e. The SMILES string of the molecule is CC(C)c1ccc(C(=O)NCC2(C(=O)O)CCC2)cc1. The molecule has 20 heavy (non-hydrogen) atoms. The van der Waals surface area contributed by atoms with E-state index >= 15 is 0 Å². The molecular formula is C16H21NO3. The van der Waals surface area contributed by atoms with Crippen molar-refractivity contribution >= 4 is 11.9 Å². The van der Waals surface area contributed by atoms with E-state index in [4.69, 9.17) is 0 Å². The van der Waals surface area contributed by atoms with Crippen LogP contribution in [0, 0.1) is 5.41 Å². The van der Waals surface area contributed by atoms with Crippen molar-refractivity contribution in [3.8, 4) is 0 Å². The lowest BCUT2D eigenvalue weighted by Crippen LogP contribution is -2.47. The Balaban J connectivity index is 1.96. The smallest absolute Gasteiger partial charge is 0.311 e. The van der Waals surface area contributed by atoms with E-state index in [1.165, 1.54) is 5.56 Å². The summed E-state index contributed by atoms with van der Waals surface area (Å²) in [5.41, 5.74) is 1.02. The van der Waals surface area contributed by atoms with Crippen molar-refractivity contribution in [2.24, 2.45) is 5.41 Å². The van der Waals surface area contributed by atoms with Crippen molar-refractivity contribution in [3.05, 3.63) is 35.4 Å². The van der Waals surface area contributed by atoms with Gasteiger partial charge in [-0.3, -0.25) is 9.59 Å². The van der Waals surface area contributed by atoms with Gasteiger partial charge < -0.3 is 10.4 Å². The molecule has 0 unspecified atom stereocenters. The average molecular weight is 275 g/mol. The highest BCUT2D eigenvalue weighted by Gasteiger charge is 2.44. The molecule has 1 saturated carbocycles. The summed E-state index contributed by atoms with van der Waals surface area (Å²) in [6, 6.07) is 7.46. The van der Waals surface area contributed by atoms with Crippen LogP contribution in [0.15, 0.2) is 24.3 Å². The van der Waals surface area contributed by atoms with Gasteiger partial charge in [0.2, 0.25) is 0 Å². The molecule has 2 N–H and O–H groups in total. The Morgan fingerprint density at radius 2 is 1.85 bits per heavy atom. The molecule has 1 fully saturated rings. The molecule has 1 aromatic rings. The van der Waals surface area contributed by atoms with Crippen molar-refractivity contribution in [3.63, 3.8) is 0 Å². The fourth-order valence-corrected chi connectivity index (χ4v) is 2.44. The van der Waals surface area contributed by atoms with Gasteiger partial charge in [-0.2, -0.15) is 0 Å². The van der Waals surface area contributed by atoms with E-state index in [2.05, 4.69) is 19.2 Å². The van der Waals surface area contributed by atoms with Crippen LogP contribution in [-0.4, -0.2) is 23.5 Å². The van der Waals surface area contributed by atoms with Crippen LogP contribution in [0.1, 0.15) is 54.9 Å². The Hall–Kier alpha value is -1.84. The second-order valence-corrected chi connectivity index (χ2v) is 5.90. The van der Waals surface area contributed by atoms with Gasteiger partial charge in [0.1, 0.15) is 0 Å². The number of rotatable bonds is 5. The van der Waals surface area contributed by atoms with Crippen LogP contribution in [0.5, 0.6) is 0 Å². The first-order chi connectivity index (χ1) is 9.44. The summed E-state index contributed by atoms with van der Waals surface area (Å²) in [6.45, 7) is 4.41. The summed E-state index contributed by atoms with van der Waals surface area (Å²) in [5, 5.41) is 12.0. The molecule has 2 rings (SSSR count). The summed E-state index contributed by atoms with van der Waals surface area (Å²) in [4.78, 5) is 23.3. The third-order valence-electron chi connectivity index (χ3n) is 4.19. The molecule has 0 radical (unpaired) electrons. The van der Waals surface area contributed by atoms with Crippen LogP contribution < -0.4 is 5.32 Å². The molecule has 0 aromatic heterocycles. The Labute approximate surface area is 119 Å².